The van der Waals surface area contributed by atoms with Gasteiger partial charge in [0.2, 0.25) is 0 Å². The highest BCUT2D eigenvalue weighted by Gasteiger charge is 2.10. The zero-order chi connectivity index (χ0) is 16.4. The molecule has 0 saturated carbocycles. The molecule has 0 fully saturated rings. The lowest BCUT2D eigenvalue weighted by Crippen LogP contribution is -2.11. The second-order valence-electron chi connectivity index (χ2n) is 6.35. The van der Waals surface area contributed by atoms with E-state index in [1.807, 2.05) is 26.0 Å². The fourth-order valence-electron chi connectivity index (χ4n) is 2.96. The summed E-state index contributed by atoms with van der Waals surface area (Å²) in [6.45, 7) is 6.94. The van der Waals surface area contributed by atoms with E-state index < -0.39 is 0 Å². The van der Waals surface area contributed by atoms with Crippen LogP contribution in [0.1, 0.15) is 23.6 Å². The number of nitrogens with one attached hydrogen (secondary N) is 1. The fourth-order valence-corrected chi connectivity index (χ4v) is 3.07. The smallest absolute Gasteiger partial charge is 0.119 e. The highest BCUT2D eigenvalue weighted by Crippen LogP contribution is 2.26. The molecule has 120 valence electrons. The molecule has 2 aromatic carbocycles. The van der Waals surface area contributed by atoms with E-state index in [4.69, 9.17) is 16.3 Å². The van der Waals surface area contributed by atoms with Crippen molar-refractivity contribution in [3.05, 3.63) is 64.3 Å². The van der Waals surface area contributed by atoms with E-state index >= 15 is 0 Å². The van der Waals surface area contributed by atoms with Gasteiger partial charge in [-0.3, -0.25) is 0 Å². The molecular weight excluding hydrogens is 306 g/mol. The van der Waals surface area contributed by atoms with Gasteiger partial charge in [-0.05, 0) is 61.1 Å². The van der Waals surface area contributed by atoms with Crippen molar-refractivity contribution in [3.63, 3.8) is 0 Å². The molecule has 1 N–H and O–H groups in total. The largest absolute Gasteiger partial charge is 0.493 e. The van der Waals surface area contributed by atoms with Crippen LogP contribution in [0, 0.1) is 19.8 Å². The Labute approximate surface area is 142 Å². The van der Waals surface area contributed by atoms with Gasteiger partial charge in [-0.25, -0.2) is 0 Å². The minimum atomic E-state index is 0.436. The molecule has 3 aromatic rings. The van der Waals surface area contributed by atoms with Crippen molar-refractivity contribution in [2.75, 3.05) is 6.61 Å². The number of H-pyrrole nitrogens is 1. The first kappa shape index (κ1) is 15.9. The van der Waals surface area contributed by atoms with Crippen LogP contribution in [0.25, 0.3) is 10.9 Å². The summed E-state index contributed by atoms with van der Waals surface area (Å²) in [5, 5.41) is 2.13. The second-order valence-corrected chi connectivity index (χ2v) is 6.73. The van der Waals surface area contributed by atoms with Gasteiger partial charge in [-0.1, -0.05) is 36.7 Å². The highest BCUT2D eigenvalue weighted by atomic mass is 35.5. The van der Waals surface area contributed by atoms with Gasteiger partial charge < -0.3 is 9.72 Å². The minimum Gasteiger partial charge on any atom is -0.493 e. The van der Waals surface area contributed by atoms with Gasteiger partial charge in [0.05, 0.1) is 6.61 Å². The van der Waals surface area contributed by atoms with Gasteiger partial charge >= 0.3 is 0 Å². The van der Waals surface area contributed by atoms with Crippen LogP contribution in [0.4, 0.5) is 0 Å². The molecule has 0 aliphatic heterocycles. The number of para-hydroxylation sites is 1. The third-order valence-electron chi connectivity index (χ3n) is 4.19. The molecular formula is C20H22ClNO. The molecule has 1 unspecified atom stereocenters. The van der Waals surface area contributed by atoms with Crippen molar-refractivity contribution >= 4 is 22.5 Å². The molecule has 3 heteroatoms. The van der Waals surface area contributed by atoms with Crippen LogP contribution in [0.2, 0.25) is 5.02 Å². The molecule has 0 saturated heterocycles. The quantitative estimate of drug-likeness (QED) is 0.639. The van der Waals surface area contributed by atoms with Crippen molar-refractivity contribution in [3.8, 4) is 5.75 Å². The lowest BCUT2D eigenvalue weighted by Gasteiger charge is -2.14. The Bertz CT molecular complexity index is 798. The highest BCUT2D eigenvalue weighted by molar-refractivity contribution is 6.32. The van der Waals surface area contributed by atoms with Crippen molar-refractivity contribution in [2.24, 2.45) is 5.92 Å². The Morgan fingerprint density at radius 3 is 2.57 bits per heavy atom. The van der Waals surface area contributed by atoms with Crippen LogP contribution in [0.15, 0.2) is 42.6 Å². The van der Waals surface area contributed by atoms with Crippen molar-refractivity contribution in [2.45, 2.75) is 27.2 Å². The Balaban J connectivity index is 1.65. The minimum absolute atomic E-state index is 0.436. The average molecular weight is 328 g/mol. The van der Waals surface area contributed by atoms with E-state index in [0.29, 0.717) is 12.5 Å². The maximum atomic E-state index is 6.20. The molecule has 1 atom stereocenters. The Morgan fingerprint density at radius 2 is 1.83 bits per heavy atom. The normalized spacial score (nSPS) is 12.5. The lowest BCUT2D eigenvalue weighted by atomic mass is 10.0. The maximum Gasteiger partial charge on any atom is 0.119 e. The first-order valence-electron chi connectivity index (χ1n) is 7.99. The number of benzene rings is 2. The van der Waals surface area contributed by atoms with E-state index in [2.05, 4.69) is 42.4 Å². The van der Waals surface area contributed by atoms with Gasteiger partial charge in [-0.2, -0.15) is 0 Å². The predicted molar refractivity (Wildman–Crippen MR) is 97.6 cm³/mol. The lowest BCUT2D eigenvalue weighted by molar-refractivity contribution is 0.259. The number of ether oxygens (including phenoxy) is 1. The molecule has 23 heavy (non-hydrogen) atoms. The molecule has 1 heterocycles. The first-order valence-corrected chi connectivity index (χ1v) is 8.37. The second kappa shape index (κ2) is 6.67. The summed E-state index contributed by atoms with van der Waals surface area (Å²) < 4.78 is 5.98. The number of fused-ring (bicyclic) bond motifs is 1. The molecule has 0 spiro atoms. The molecule has 3 rings (SSSR count). The predicted octanol–water partition coefficient (Wildman–Crippen LogP) is 5.70. The van der Waals surface area contributed by atoms with E-state index in [0.717, 1.165) is 28.3 Å². The molecule has 0 radical (unpaired) electrons. The molecule has 0 aliphatic rings. The van der Waals surface area contributed by atoms with Gasteiger partial charge in [0.25, 0.3) is 0 Å². The third-order valence-corrected chi connectivity index (χ3v) is 4.78. The fraction of sp³-hybridized carbons (Fsp3) is 0.300. The standard InChI is InChI=1S/C20H22ClNO/c1-13(8-16-11-22-19-7-5-4-6-18(16)19)12-23-17-9-14(2)20(21)15(3)10-17/h4-7,9-11,13,22H,8,12H2,1-3H3. The van der Waals surface area contributed by atoms with E-state index in [1.54, 1.807) is 0 Å². The summed E-state index contributed by atoms with van der Waals surface area (Å²) in [6.07, 6.45) is 3.10. The summed E-state index contributed by atoms with van der Waals surface area (Å²) in [7, 11) is 0. The number of aromatic nitrogens is 1. The summed E-state index contributed by atoms with van der Waals surface area (Å²) in [5.74, 6) is 1.33. The third kappa shape index (κ3) is 3.53. The molecule has 2 nitrogen and oxygen atoms in total. The van der Waals surface area contributed by atoms with Gasteiger partial charge in [0.15, 0.2) is 0 Å². The van der Waals surface area contributed by atoms with Crippen LogP contribution in [-0.4, -0.2) is 11.6 Å². The Morgan fingerprint density at radius 1 is 1.13 bits per heavy atom. The number of aromatic amines is 1. The Hall–Kier alpha value is -1.93. The van der Waals surface area contributed by atoms with Crippen molar-refractivity contribution in [1.29, 1.82) is 0 Å². The summed E-state index contributed by atoms with van der Waals surface area (Å²) >= 11 is 6.20. The van der Waals surface area contributed by atoms with E-state index in [1.165, 1.54) is 16.5 Å². The van der Waals surface area contributed by atoms with Crippen molar-refractivity contribution in [1.82, 2.24) is 4.98 Å². The topological polar surface area (TPSA) is 25.0 Å². The molecule has 0 bridgehead atoms. The maximum absolute atomic E-state index is 6.20. The molecule has 0 aliphatic carbocycles. The van der Waals surface area contributed by atoms with E-state index in [-0.39, 0.29) is 0 Å². The zero-order valence-corrected chi connectivity index (χ0v) is 14.6. The molecule has 1 aromatic heterocycles. The van der Waals surface area contributed by atoms with Crippen molar-refractivity contribution < 1.29 is 4.74 Å². The summed E-state index contributed by atoms with van der Waals surface area (Å²) in [5.41, 5.74) is 4.66. The van der Waals surface area contributed by atoms with Crippen LogP contribution in [-0.2, 0) is 6.42 Å². The summed E-state index contributed by atoms with van der Waals surface area (Å²) in [6, 6.07) is 12.4. The number of hydrogen-bond acceptors (Lipinski definition) is 1. The number of hydrogen-bond donors (Lipinski definition) is 1. The average Bonchev–Trinajstić information content (AvgIpc) is 2.94. The Kier molecular flexibility index (Phi) is 4.63. The van der Waals surface area contributed by atoms with Gasteiger partial charge in [-0.15, -0.1) is 0 Å². The van der Waals surface area contributed by atoms with Crippen LogP contribution in [0.3, 0.4) is 0 Å². The monoisotopic (exact) mass is 327 g/mol. The SMILES string of the molecule is Cc1cc(OCC(C)Cc2c[nH]c3ccccc23)cc(C)c1Cl. The van der Waals surface area contributed by atoms with Gasteiger partial charge in [0, 0.05) is 22.1 Å². The number of halogens is 1. The van der Waals surface area contributed by atoms with Crippen LogP contribution >= 0.6 is 11.6 Å². The zero-order valence-electron chi connectivity index (χ0n) is 13.8. The molecule has 0 amide bonds. The number of rotatable bonds is 5. The van der Waals surface area contributed by atoms with E-state index in [9.17, 15) is 0 Å². The van der Waals surface area contributed by atoms with Crippen LogP contribution in [0.5, 0.6) is 5.75 Å². The summed E-state index contributed by atoms with van der Waals surface area (Å²) in [4.78, 5) is 3.33. The first-order chi connectivity index (χ1) is 11.0. The van der Waals surface area contributed by atoms with Crippen LogP contribution < -0.4 is 4.74 Å². The number of aryl methyl sites for hydroxylation is 2. The van der Waals surface area contributed by atoms with Gasteiger partial charge in [0.1, 0.15) is 5.75 Å².